The monoisotopic (exact) mass is 252 g/mol. The summed E-state index contributed by atoms with van der Waals surface area (Å²) < 4.78 is 30.8. The molecule has 0 fully saturated rings. The van der Waals surface area contributed by atoms with Crippen LogP contribution >= 0.6 is 0 Å². The fraction of sp³-hybridized carbons (Fsp3) is 1.00. The zero-order valence-corrected chi connectivity index (χ0v) is 11.6. The molecule has 0 unspecified atom stereocenters. The molecule has 0 amide bonds. The second-order valence-electron chi connectivity index (χ2n) is 4.71. The van der Waals surface area contributed by atoms with Gasteiger partial charge in [0.05, 0.1) is 11.4 Å². The van der Waals surface area contributed by atoms with Crippen molar-refractivity contribution >= 4 is 10.0 Å². The van der Waals surface area contributed by atoms with E-state index in [-0.39, 0.29) is 12.3 Å². The standard InChI is InChI=1S/C10H24N2O3S/c1-9(2)11-6-7-16(13,14)12-8-10(3,4)15-5/h9,11-12H,6-8H2,1-5H3. The van der Waals surface area contributed by atoms with Gasteiger partial charge in [-0.2, -0.15) is 0 Å². The van der Waals surface area contributed by atoms with Gasteiger partial charge in [-0.3, -0.25) is 0 Å². The molecule has 5 nitrogen and oxygen atoms in total. The average molecular weight is 252 g/mol. The SMILES string of the molecule is COC(C)(C)CNS(=O)(=O)CCNC(C)C. The van der Waals surface area contributed by atoms with Crippen LogP contribution in [0.25, 0.3) is 0 Å². The first-order valence-corrected chi connectivity index (χ1v) is 7.09. The number of methoxy groups -OCH3 is 1. The number of sulfonamides is 1. The van der Waals surface area contributed by atoms with Gasteiger partial charge in [-0.05, 0) is 13.8 Å². The van der Waals surface area contributed by atoms with Gasteiger partial charge in [0.25, 0.3) is 0 Å². The van der Waals surface area contributed by atoms with E-state index in [1.165, 1.54) is 0 Å². The molecule has 0 radical (unpaired) electrons. The Labute approximate surface area is 99.0 Å². The second kappa shape index (κ2) is 6.54. The molecule has 2 N–H and O–H groups in total. The van der Waals surface area contributed by atoms with E-state index < -0.39 is 15.6 Å². The maximum atomic E-state index is 11.6. The highest BCUT2D eigenvalue weighted by atomic mass is 32.2. The van der Waals surface area contributed by atoms with Gasteiger partial charge < -0.3 is 10.1 Å². The molecular weight excluding hydrogens is 228 g/mol. The maximum Gasteiger partial charge on any atom is 0.212 e. The summed E-state index contributed by atoms with van der Waals surface area (Å²) in [7, 11) is -1.65. The highest BCUT2D eigenvalue weighted by Gasteiger charge is 2.20. The number of hydrogen-bond donors (Lipinski definition) is 2. The Hall–Kier alpha value is -0.170. The average Bonchev–Trinajstić information content (AvgIpc) is 2.14. The normalized spacial score (nSPS) is 13.4. The summed E-state index contributed by atoms with van der Waals surface area (Å²) in [5.74, 6) is 0.0883. The van der Waals surface area contributed by atoms with Gasteiger partial charge in [-0.25, -0.2) is 13.1 Å². The van der Waals surface area contributed by atoms with Crippen molar-refractivity contribution in [2.24, 2.45) is 0 Å². The van der Waals surface area contributed by atoms with Gasteiger partial charge in [-0.15, -0.1) is 0 Å². The number of rotatable bonds is 8. The highest BCUT2D eigenvalue weighted by molar-refractivity contribution is 7.89. The zero-order chi connectivity index (χ0) is 12.8. The van der Waals surface area contributed by atoms with Crippen molar-refractivity contribution in [1.29, 1.82) is 0 Å². The Kier molecular flexibility index (Phi) is 6.47. The molecule has 0 heterocycles. The van der Waals surface area contributed by atoms with Crippen molar-refractivity contribution in [1.82, 2.24) is 10.0 Å². The minimum absolute atomic E-state index is 0.0883. The first-order chi connectivity index (χ1) is 7.18. The van der Waals surface area contributed by atoms with E-state index in [0.29, 0.717) is 12.6 Å². The Morgan fingerprint density at radius 1 is 1.31 bits per heavy atom. The van der Waals surface area contributed by atoms with Crippen LogP contribution in [0.4, 0.5) is 0 Å². The van der Waals surface area contributed by atoms with E-state index >= 15 is 0 Å². The van der Waals surface area contributed by atoms with Crippen LogP contribution in [-0.2, 0) is 14.8 Å². The predicted molar refractivity (Wildman–Crippen MR) is 66.0 cm³/mol. The largest absolute Gasteiger partial charge is 0.377 e. The predicted octanol–water partition coefficient (Wildman–Crippen LogP) is 0.329. The lowest BCUT2D eigenvalue weighted by Gasteiger charge is -2.23. The Morgan fingerprint density at radius 3 is 2.31 bits per heavy atom. The lowest BCUT2D eigenvalue weighted by molar-refractivity contribution is 0.0276. The summed E-state index contributed by atoms with van der Waals surface area (Å²) in [6.45, 7) is 8.37. The number of ether oxygens (including phenoxy) is 1. The minimum atomic E-state index is -3.21. The van der Waals surface area contributed by atoms with Gasteiger partial charge in [0.15, 0.2) is 0 Å². The van der Waals surface area contributed by atoms with E-state index in [0.717, 1.165) is 0 Å². The summed E-state index contributed by atoms with van der Waals surface area (Å²) in [5.41, 5.74) is -0.474. The van der Waals surface area contributed by atoms with Crippen molar-refractivity contribution in [3.63, 3.8) is 0 Å². The molecule has 98 valence electrons. The van der Waals surface area contributed by atoms with Gasteiger partial charge in [0.1, 0.15) is 0 Å². The van der Waals surface area contributed by atoms with Crippen LogP contribution in [0, 0.1) is 0 Å². The summed E-state index contributed by atoms with van der Waals surface area (Å²) in [4.78, 5) is 0. The van der Waals surface area contributed by atoms with Crippen molar-refractivity contribution in [3.8, 4) is 0 Å². The van der Waals surface area contributed by atoms with E-state index in [1.54, 1.807) is 7.11 Å². The lowest BCUT2D eigenvalue weighted by atomic mass is 10.1. The molecule has 0 bridgehead atoms. The van der Waals surface area contributed by atoms with E-state index in [4.69, 9.17) is 4.74 Å². The molecule has 6 heteroatoms. The molecule has 0 aliphatic heterocycles. The van der Waals surface area contributed by atoms with Crippen LogP contribution in [0.5, 0.6) is 0 Å². The minimum Gasteiger partial charge on any atom is -0.377 e. The van der Waals surface area contributed by atoms with E-state index in [1.807, 2.05) is 27.7 Å². The lowest BCUT2D eigenvalue weighted by Crippen LogP contribution is -2.42. The summed E-state index contributed by atoms with van der Waals surface area (Å²) >= 11 is 0. The molecule has 0 aromatic heterocycles. The van der Waals surface area contributed by atoms with Crippen LogP contribution in [0.3, 0.4) is 0 Å². The van der Waals surface area contributed by atoms with Gasteiger partial charge in [-0.1, -0.05) is 13.8 Å². The molecule has 0 rings (SSSR count). The Bertz CT molecular complexity index is 286. The summed E-state index contributed by atoms with van der Waals surface area (Å²) in [6, 6.07) is 0.297. The molecule has 0 spiro atoms. The second-order valence-corrected chi connectivity index (χ2v) is 6.64. The molecule has 0 atom stereocenters. The molecule has 0 saturated carbocycles. The van der Waals surface area contributed by atoms with Crippen LogP contribution in [0.1, 0.15) is 27.7 Å². The van der Waals surface area contributed by atoms with Crippen LogP contribution in [0.2, 0.25) is 0 Å². The quantitative estimate of drug-likeness (QED) is 0.653. The molecule has 0 aromatic rings. The topological polar surface area (TPSA) is 67.4 Å². The molecule has 0 aliphatic carbocycles. The van der Waals surface area contributed by atoms with Crippen LogP contribution in [0.15, 0.2) is 0 Å². The van der Waals surface area contributed by atoms with Crippen molar-refractivity contribution in [2.75, 3.05) is 26.0 Å². The fourth-order valence-corrected chi connectivity index (χ4v) is 2.01. The molecule has 0 aromatic carbocycles. The van der Waals surface area contributed by atoms with E-state index in [9.17, 15) is 8.42 Å². The van der Waals surface area contributed by atoms with Gasteiger partial charge >= 0.3 is 0 Å². The third kappa shape index (κ3) is 8.04. The molecular formula is C10H24N2O3S. The van der Waals surface area contributed by atoms with Crippen molar-refractivity contribution < 1.29 is 13.2 Å². The van der Waals surface area contributed by atoms with Gasteiger partial charge in [0, 0.05) is 26.2 Å². The summed E-state index contributed by atoms with van der Waals surface area (Å²) in [5, 5.41) is 3.06. The van der Waals surface area contributed by atoms with Crippen molar-refractivity contribution in [2.45, 2.75) is 39.3 Å². The van der Waals surface area contributed by atoms with Crippen LogP contribution in [-0.4, -0.2) is 46.0 Å². The summed E-state index contributed by atoms with van der Waals surface area (Å²) in [6.07, 6.45) is 0. The molecule has 16 heavy (non-hydrogen) atoms. The zero-order valence-electron chi connectivity index (χ0n) is 10.8. The fourth-order valence-electron chi connectivity index (χ4n) is 0.910. The Morgan fingerprint density at radius 2 is 1.88 bits per heavy atom. The van der Waals surface area contributed by atoms with E-state index in [2.05, 4.69) is 10.0 Å². The first-order valence-electron chi connectivity index (χ1n) is 5.44. The van der Waals surface area contributed by atoms with Crippen LogP contribution < -0.4 is 10.0 Å². The smallest absolute Gasteiger partial charge is 0.212 e. The van der Waals surface area contributed by atoms with Gasteiger partial charge in [0.2, 0.25) is 10.0 Å². The molecule has 0 saturated heterocycles. The number of hydrogen-bond acceptors (Lipinski definition) is 4. The third-order valence-corrected chi connectivity index (χ3v) is 3.52. The highest BCUT2D eigenvalue weighted by Crippen LogP contribution is 2.05. The maximum absolute atomic E-state index is 11.6. The first kappa shape index (κ1) is 15.8. The molecule has 0 aliphatic rings. The Balaban J connectivity index is 3.97. The van der Waals surface area contributed by atoms with Crippen molar-refractivity contribution in [3.05, 3.63) is 0 Å². The number of nitrogens with one attached hydrogen (secondary N) is 2. The third-order valence-electron chi connectivity index (χ3n) is 2.19.